The second-order valence-electron chi connectivity index (χ2n) is 3.77. The summed E-state index contributed by atoms with van der Waals surface area (Å²) in [6.07, 6.45) is 1.06. The number of hydrogen-bond acceptors (Lipinski definition) is 4. The fourth-order valence-corrected chi connectivity index (χ4v) is 2.21. The van der Waals surface area contributed by atoms with Crippen molar-refractivity contribution in [2.75, 3.05) is 26.5 Å². The van der Waals surface area contributed by atoms with Gasteiger partial charge in [0.15, 0.2) is 0 Å². The lowest BCUT2D eigenvalue weighted by atomic mass is 10.2. The molecule has 1 rings (SSSR count). The van der Waals surface area contributed by atoms with Crippen LogP contribution in [-0.4, -0.2) is 40.8 Å². The molecule has 0 bridgehead atoms. The maximum absolute atomic E-state index is 11.9. The molecule has 0 radical (unpaired) electrons. The average Bonchev–Trinajstić information content (AvgIpc) is 2.34. The van der Waals surface area contributed by atoms with Gasteiger partial charge in [-0.25, -0.2) is 13.1 Å². The molecule has 0 aromatic heterocycles. The predicted molar refractivity (Wildman–Crippen MR) is 75.9 cm³/mol. The van der Waals surface area contributed by atoms with E-state index in [1.807, 2.05) is 0 Å². The maximum Gasteiger partial charge on any atom is 0.252 e. The summed E-state index contributed by atoms with van der Waals surface area (Å²) in [6.45, 7) is 0.349. The Morgan fingerprint density at radius 3 is 2.63 bits per heavy atom. The first-order valence-corrected chi connectivity index (χ1v) is 8.08. The molecule has 8 heteroatoms. The van der Waals surface area contributed by atoms with E-state index in [1.165, 1.54) is 7.11 Å². The molecule has 0 aliphatic heterocycles. The van der Waals surface area contributed by atoms with E-state index in [0.29, 0.717) is 15.8 Å². The molecule has 0 spiro atoms. The van der Waals surface area contributed by atoms with Gasteiger partial charge in [-0.2, -0.15) is 0 Å². The molecular weight excluding hydrogens is 336 g/mol. The second kappa shape index (κ2) is 6.88. The lowest BCUT2D eigenvalue weighted by molar-refractivity contribution is 0.0953. The molecule has 0 fully saturated rings. The molecule has 19 heavy (non-hydrogen) atoms. The van der Waals surface area contributed by atoms with Crippen molar-refractivity contribution in [3.8, 4) is 5.75 Å². The van der Waals surface area contributed by atoms with E-state index in [2.05, 4.69) is 26.0 Å². The van der Waals surface area contributed by atoms with Gasteiger partial charge in [0.2, 0.25) is 10.0 Å². The van der Waals surface area contributed by atoms with Gasteiger partial charge in [0, 0.05) is 17.6 Å². The summed E-state index contributed by atoms with van der Waals surface area (Å²) in [5.41, 5.74) is 0.429. The Balaban J connectivity index is 2.58. The summed E-state index contributed by atoms with van der Waals surface area (Å²) in [5.74, 6) is 0.267. The zero-order chi connectivity index (χ0) is 14.5. The fraction of sp³-hybridized carbons (Fsp3) is 0.364. The molecule has 0 aliphatic rings. The highest BCUT2D eigenvalue weighted by molar-refractivity contribution is 9.10. The number of carbonyl (C=O) groups excluding carboxylic acids is 1. The third kappa shape index (κ3) is 5.58. The van der Waals surface area contributed by atoms with Crippen molar-refractivity contribution in [3.63, 3.8) is 0 Å². The Morgan fingerprint density at radius 2 is 2.05 bits per heavy atom. The van der Waals surface area contributed by atoms with Crippen molar-refractivity contribution in [1.29, 1.82) is 0 Å². The van der Waals surface area contributed by atoms with Crippen molar-refractivity contribution in [2.24, 2.45) is 0 Å². The number of ether oxygens (including phenoxy) is 1. The smallest absolute Gasteiger partial charge is 0.252 e. The van der Waals surface area contributed by atoms with E-state index in [4.69, 9.17) is 4.74 Å². The van der Waals surface area contributed by atoms with Gasteiger partial charge in [0.25, 0.3) is 5.91 Å². The van der Waals surface area contributed by atoms with Crippen LogP contribution in [0.15, 0.2) is 22.7 Å². The molecule has 0 heterocycles. The van der Waals surface area contributed by atoms with Gasteiger partial charge in [-0.15, -0.1) is 0 Å². The first-order valence-electron chi connectivity index (χ1n) is 5.40. The largest absolute Gasteiger partial charge is 0.497 e. The Hall–Kier alpha value is -1.12. The van der Waals surface area contributed by atoms with E-state index in [9.17, 15) is 13.2 Å². The second-order valence-corrected chi connectivity index (χ2v) is 6.46. The maximum atomic E-state index is 11.9. The molecule has 1 aromatic carbocycles. The summed E-state index contributed by atoms with van der Waals surface area (Å²) in [6, 6.07) is 5.04. The summed E-state index contributed by atoms with van der Waals surface area (Å²) in [7, 11) is -1.72. The van der Waals surface area contributed by atoms with Gasteiger partial charge in [-0.3, -0.25) is 4.79 Å². The SMILES string of the molecule is COc1ccc(Br)c(C(=O)NCCNS(C)(=O)=O)c1. The van der Waals surface area contributed by atoms with E-state index in [1.54, 1.807) is 18.2 Å². The highest BCUT2D eigenvalue weighted by Crippen LogP contribution is 2.22. The molecule has 6 nitrogen and oxygen atoms in total. The van der Waals surface area contributed by atoms with Crippen LogP contribution in [0.3, 0.4) is 0 Å². The van der Waals surface area contributed by atoms with Crippen molar-refractivity contribution < 1.29 is 17.9 Å². The van der Waals surface area contributed by atoms with Crippen molar-refractivity contribution in [3.05, 3.63) is 28.2 Å². The van der Waals surface area contributed by atoms with Gasteiger partial charge < -0.3 is 10.1 Å². The molecule has 1 aromatic rings. The minimum Gasteiger partial charge on any atom is -0.497 e. The number of nitrogens with one attached hydrogen (secondary N) is 2. The van der Waals surface area contributed by atoms with Crippen LogP contribution in [0.4, 0.5) is 0 Å². The summed E-state index contributed by atoms with van der Waals surface area (Å²) in [5, 5.41) is 2.61. The number of methoxy groups -OCH3 is 1. The van der Waals surface area contributed by atoms with Crippen LogP contribution in [0.5, 0.6) is 5.75 Å². The van der Waals surface area contributed by atoms with Crippen LogP contribution < -0.4 is 14.8 Å². The molecule has 0 unspecified atom stereocenters. The fourth-order valence-electron chi connectivity index (χ4n) is 1.31. The molecule has 106 valence electrons. The number of hydrogen-bond donors (Lipinski definition) is 2. The molecular formula is C11H15BrN2O4S. The lowest BCUT2D eigenvalue weighted by Crippen LogP contribution is -2.34. The van der Waals surface area contributed by atoms with E-state index < -0.39 is 10.0 Å². The number of carbonyl (C=O) groups is 1. The minimum atomic E-state index is -3.24. The number of rotatable bonds is 6. The molecule has 1 amide bonds. The molecule has 0 aliphatic carbocycles. The number of benzene rings is 1. The zero-order valence-electron chi connectivity index (χ0n) is 10.6. The number of halogens is 1. The molecule has 0 atom stereocenters. The van der Waals surface area contributed by atoms with Crippen LogP contribution in [0.1, 0.15) is 10.4 Å². The zero-order valence-corrected chi connectivity index (χ0v) is 13.0. The van der Waals surface area contributed by atoms with Gasteiger partial charge in [0.05, 0.1) is 18.9 Å². The van der Waals surface area contributed by atoms with Crippen LogP contribution in [0.25, 0.3) is 0 Å². The first-order chi connectivity index (χ1) is 8.83. The number of sulfonamides is 1. The first kappa shape index (κ1) is 15.9. The minimum absolute atomic E-state index is 0.145. The Labute approximate surface area is 120 Å². The van der Waals surface area contributed by atoms with Gasteiger partial charge >= 0.3 is 0 Å². The summed E-state index contributed by atoms with van der Waals surface area (Å²) >= 11 is 3.27. The van der Waals surface area contributed by atoms with E-state index in [0.717, 1.165) is 6.26 Å². The van der Waals surface area contributed by atoms with E-state index >= 15 is 0 Å². The van der Waals surface area contributed by atoms with Gasteiger partial charge in [-0.1, -0.05) is 0 Å². The van der Waals surface area contributed by atoms with Gasteiger partial charge in [-0.05, 0) is 34.1 Å². The molecule has 0 saturated heterocycles. The predicted octanol–water partition coefficient (Wildman–Crippen LogP) is 0.737. The Kier molecular flexibility index (Phi) is 5.77. The standard InChI is InChI=1S/C11H15BrN2O4S/c1-18-8-3-4-10(12)9(7-8)11(15)13-5-6-14-19(2,16)17/h3-4,7,14H,5-6H2,1-2H3,(H,13,15). The van der Waals surface area contributed by atoms with Crippen LogP contribution >= 0.6 is 15.9 Å². The molecule has 2 N–H and O–H groups in total. The van der Waals surface area contributed by atoms with Crippen LogP contribution in [0, 0.1) is 0 Å². The van der Waals surface area contributed by atoms with Crippen LogP contribution in [-0.2, 0) is 10.0 Å². The Bertz CT molecular complexity index is 560. The number of amides is 1. The monoisotopic (exact) mass is 350 g/mol. The lowest BCUT2D eigenvalue weighted by Gasteiger charge is -2.08. The third-order valence-electron chi connectivity index (χ3n) is 2.19. The van der Waals surface area contributed by atoms with Crippen LogP contribution in [0.2, 0.25) is 0 Å². The van der Waals surface area contributed by atoms with Crippen molar-refractivity contribution in [2.45, 2.75) is 0 Å². The highest BCUT2D eigenvalue weighted by atomic mass is 79.9. The average molecular weight is 351 g/mol. The third-order valence-corrected chi connectivity index (χ3v) is 3.61. The summed E-state index contributed by atoms with van der Waals surface area (Å²) < 4.78 is 29.6. The van der Waals surface area contributed by atoms with Gasteiger partial charge in [0.1, 0.15) is 5.75 Å². The highest BCUT2D eigenvalue weighted by Gasteiger charge is 2.11. The quantitative estimate of drug-likeness (QED) is 0.741. The topological polar surface area (TPSA) is 84.5 Å². The summed E-state index contributed by atoms with van der Waals surface area (Å²) in [4.78, 5) is 11.9. The normalized spacial score (nSPS) is 11.1. The Morgan fingerprint density at radius 1 is 1.37 bits per heavy atom. The van der Waals surface area contributed by atoms with Crippen molar-refractivity contribution in [1.82, 2.24) is 10.0 Å². The van der Waals surface area contributed by atoms with Crippen molar-refractivity contribution >= 4 is 31.9 Å². The molecule has 0 saturated carbocycles. The van der Waals surface area contributed by atoms with E-state index in [-0.39, 0.29) is 19.0 Å².